The lowest BCUT2D eigenvalue weighted by Gasteiger charge is -2.15. The minimum atomic E-state index is -4.57. The Morgan fingerprint density at radius 2 is 1.93 bits per heavy atom. The van der Waals surface area contributed by atoms with Crippen LogP contribution in [0.25, 0.3) is 0 Å². The van der Waals surface area contributed by atoms with E-state index >= 15 is 0 Å². The zero-order valence-corrected chi connectivity index (χ0v) is 16.6. The number of anilines is 2. The second-order valence-electron chi connectivity index (χ2n) is 6.03. The molecule has 1 aromatic heterocycles. The van der Waals surface area contributed by atoms with Gasteiger partial charge in [0.05, 0.1) is 12.1 Å². The number of nitrogens with one attached hydrogen (secondary N) is 1. The molecule has 0 spiro atoms. The summed E-state index contributed by atoms with van der Waals surface area (Å²) >= 11 is 2.83. The van der Waals surface area contributed by atoms with Crippen LogP contribution in [0.5, 0.6) is 0 Å². The normalized spacial score (nSPS) is 11.5. The monoisotopic (exact) mass is 462 g/mol. The number of rotatable bonds is 6. The fourth-order valence-corrected chi connectivity index (χ4v) is 3.08. The van der Waals surface area contributed by atoms with Crippen LogP contribution >= 0.6 is 15.9 Å². The Bertz CT molecular complexity index is 1030. The number of nitrogen functional groups attached to an aromatic ring is 1. The third kappa shape index (κ3) is 4.29. The van der Waals surface area contributed by atoms with Gasteiger partial charge in [-0.3, -0.25) is 18.7 Å². The highest BCUT2D eigenvalue weighted by atomic mass is 79.9. The minimum absolute atomic E-state index is 0.0427. The molecule has 0 saturated heterocycles. The van der Waals surface area contributed by atoms with E-state index in [0.717, 1.165) is 15.2 Å². The molecule has 1 aromatic carbocycles. The number of aromatic nitrogens is 2. The molecule has 0 bridgehead atoms. The van der Waals surface area contributed by atoms with Crippen molar-refractivity contribution >= 4 is 33.2 Å². The number of carbonyl (C=O) groups is 1. The first kappa shape index (κ1) is 21.7. The Morgan fingerprint density at radius 1 is 1.29 bits per heavy atom. The van der Waals surface area contributed by atoms with Crippen molar-refractivity contribution in [2.45, 2.75) is 26.1 Å². The van der Waals surface area contributed by atoms with E-state index in [2.05, 4.69) is 21.2 Å². The van der Waals surface area contributed by atoms with E-state index in [1.165, 1.54) is 19.2 Å². The van der Waals surface area contributed by atoms with E-state index in [1.54, 1.807) is 6.92 Å². The highest BCUT2D eigenvalue weighted by Gasteiger charge is 2.33. The van der Waals surface area contributed by atoms with Crippen LogP contribution in [0, 0.1) is 0 Å². The molecule has 152 valence electrons. The van der Waals surface area contributed by atoms with Crippen molar-refractivity contribution in [1.82, 2.24) is 9.13 Å². The lowest BCUT2D eigenvalue weighted by molar-refractivity contribution is -0.138. The molecule has 0 amide bonds. The molecule has 2 aromatic rings. The molecule has 0 saturated carbocycles. The summed E-state index contributed by atoms with van der Waals surface area (Å²) in [4.78, 5) is 37.0. The topological polar surface area (TPSA) is 99.1 Å². The van der Waals surface area contributed by atoms with E-state index < -0.39 is 35.3 Å². The molecular formula is C17H18BrF3N4O3. The number of carbonyl (C=O) groups excluding carboxylic acids is 1. The van der Waals surface area contributed by atoms with Gasteiger partial charge in [0.2, 0.25) is 0 Å². The van der Waals surface area contributed by atoms with Gasteiger partial charge in [-0.2, -0.15) is 13.2 Å². The number of nitrogens with zero attached hydrogens (tertiary/aromatic N) is 2. The Kier molecular flexibility index (Phi) is 6.37. The summed E-state index contributed by atoms with van der Waals surface area (Å²) in [5.41, 5.74) is 3.12. The first-order valence-electron chi connectivity index (χ1n) is 8.22. The molecule has 0 aliphatic heterocycles. The summed E-state index contributed by atoms with van der Waals surface area (Å²) in [6.45, 7) is 1.54. The zero-order chi connectivity index (χ0) is 21.2. The highest BCUT2D eigenvalue weighted by Crippen LogP contribution is 2.36. The van der Waals surface area contributed by atoms with Crippen molar-refractivity contribution in [2.24, 2.45) is 7.05 Å². The van der Waals surface area contributed by atoms with E-state index in [9.17, 15) is 27.6 Å². The van der Waals surface area contributed by atoms with Gasteiger partial charge >= 0.3 is 11.9 Å². The average molecular weight is 463 g/mol. The number of ketones is 1. The third-order valence-corrected chi connectivity index (χ3v) is 4.73. The first-order chi connectivity index (χ1) is 13.0. The maximum atomic E-state index is 13.0. The number of Topliss-reactive ketones (excluding diaryl/α,β-unsaturated/α-hetero) is 1. The van der Waals surface area contributed by atoms with Crippen LogP contribution in [0.4, 0.5) is 24.7 Å². The number of hydrogen-bond acceptors (Lipinski definition) is 5. The Labute approximate surface area is 166 Å². The van der Waals surface area contributed by atoms with Crippen LogP contribution in [0.3, 0.4) is 0 Å². The molecule has 7 nitrogen and oxygen atoms in total. The number of nitrogens with two attached hydrogens (primary N) is 1. The molecule has 3 N–H and O–H groups in total. The third-order valence-electron chi connectivity index (χ3n) is 4.03. The van der Waals surface area contributed by atoms with Crippen LogP contribution in [-0.4, -0.2) is 21.5 Å². The first-order valence-corrected chi connectivity index (χ1v) is 9.01. The van der Waals surface area contributed by atoms with Crippen molar-refractivity contribution in [3.63, 3.8) is 0 Å². The molecule has 0 aliphatic carbocycles. The Morgan fingerprint density at radius 3 is 2.50 bits per heavy atom. The molecule has 0 fully saturated rings. The van der Waals surface area contributed by atoms with Gasteiger partial charge in [-0.25, -0.2) is 4.79 Å². The number of benzene rings is 1. The lowest BCUT2D eigenvalue weighted by Crippen LogP contribution is -2.43. The van der Waals surface area contributed by atoms with Crippen molar-refractivity contribution in [3.8, 4) is 0 Å². The summed E-state index contributed by atoms with van der Waals surface area (Å²) in [6.07, 6.45) is -4.02. The van der Waals surface area contributed by atoms with E-state index in [0.29, 0.717) is 6.42 Å². The summed E-state index contributed by atoms with van der Waals surface area (Å²) in [5.74, 6) is -0.993. The largest absolute Gasteiger partial charge is 0.417 e. The van der Waals surface area contributed by atoms with Crippen LogP contribution < -0.4 is 22.3 Å². The predicted octanol–water partition coefficient (Wildman–Crippen LogP) is 2.62. The second-order valence-corrected chi connectivity index (χ2v) is 6.88. The summed E-state index contributed by atoms with van der Waals surface area (Å²) in [7, 11) is 1.23. The molecule has 11 heteroatoms. The van der Waals surface area contributed by atoms with Crippen molar-refractivity contribution in [3.05, 3.63) is 54.6 Å². The van der Waals surface area contributed by atoms with E-state index in [1.807, 2.05) is 0 Å². The molecular weight excluding hydrogens is 445 g/mol. The van der Waals surface area contributed by atoms with Gasteiger partial charge in [-0.05, 0) is 24.6 Å². The highest BCUT2D eigenvalue weighted by molar-refractivity contribution is 9.10. The van der Waals surface area contributed by atoms with Crippen molar-refractivity contribution in [1.29, 1.82) is 0 Å². The van der Waals surface area contributed by atoms with Crippen molar-refractivity contribution in [2.75, 3.05) is 17.6 Å². The molecule has 1 heterocycles. The van der Waals surface area contributed by atoms with Crippen LogP contribution in [0.15, 0.2) is 32.3 Å². The molecule has 28 heavy (non-hydrogen) atoms. The standard InChI is InChI=1S/C17H18BrF3N4O3/c1-3-6-25-14(22)13(15(27)24(2)16(25)28)12(26)8-23-9-4-5-11(18)10(7-9)17(19,20)21/h4-5,7,23H,3,6,8,22H2,1-2H3. The number of halogens is 4. The van der Waals surface area contributed by atoms with Gasteiger partial charge in [0.1, 0.15) is 11.4 Å². The van der Waals surface area contributed by atoms with Crippen LogP contribution in [-0.2, 0) is 19.8 Å². The van der Waals surface area contributed by atoms with Gasteiger partial charge < -0.3 is 11.1 Å². The van der Waals surface area contributed by atoms with Gasteiger partial charge in [0.25, 0.3) is 5.56 Å². The quantitative estimate of drug-likeness (QED) is 0.642. The summed E-state index contributed by atoms with van der Waals surface area (Å²) in [6, 6.07) is 3.40. The van der Waals surface area contributed by atoms with Crippen molar-refractivity contribution < 1.29 is 18.0 Å². The van der Waals surface area contributed by atoms with E-state index in [4.69, 9.17) is 5.73 Å². The predicted molar refractivity (Wildman–Crippen MR) is 103 cm³/mol. The Balaban J connectivity index is 2.35. The van der Waals surface area contributed by atoms with Gasteiger partial charge in [-0.15, -0.1) is 0 Å². The maximum absolute atomic E-state index is 13.0. The molecule has 0 radical (unpaired) electrons. The van der Waals surface area contributed by atoms with Gasteiger partial charge in [-0.1, -0.05) is 22.9 Å². The van der Waals surface area contributed by atoms with Crippen LogP contribution in [0.1, 0.15) is 29.3 Å². The smallest absolute Gasteiger partial charge is 0.384 e. The van der Waals surface area contributed by atoms with Gasteiger partial charge in [0.15, 0.2) is 5.78 Å². The second kappa shape index (κ2) is 8.21. The molecule has 2 rings (SSSR count). The average Bonchev–Trinajstić information content (AvgIpc) is 2.62. The fraction of sp³-hybridized carbons (Fsp3) is 0.353. The zero-order valence-electron chi connectivity index (χ0n) is 15.1. The summed E-state index contributed by atoms with van der Waals surface area (Å²) < 4.78 is 40.7. The fourth-order valence-electron chi connectivity index (χ4n) is 2.61. The lowest BCUT2D eigenvalue weighted by atomic mass is 10.1. The summed E-state index contributed by atoms with van der Waals surface area (Å²) in [5, 5.41) is 2.56. The molecule has 0 aliphatic rings. The number of hydrogen-bond donors (Lipinski definition) is 2. The maximum Gasteiger partial charge on any atom is 0.417 e. The minimum Gasteiger partial charge on any atom is -0.384 e. The number of alkyl halides is 3. The van der Waals surface area contributed by atoms with E-state index in [-0.39, 0.29) is 28.1 Å². The van der Waals surface area contributed by atoms with Crippen LogP contribution in [0.2, 0.25) is 0 Å². The molecule has 0 unspecified atom stereocenters. The molecule has 0 atom stereocenters. The Hall–Kier alpha value is -2.56. The van der Waals surface area contributed by atoms with Gasteiger partial charge in [0, 0.05) is 23.8 Å². The SMILES string of the molecule is CCCn1c(N)c(C(=O)CNc2ccc(Br)c(C(F)(F)F)c2)c(=O)n(C)c1=O.